The maximum Gasteiger partial charge on any atom is 0.328 e. The molecule has 8 nitrogen and oxygen atoms in total. The lowest BCUT2D eigenvalue weighted by molar-refractivity contribution is -0.283. The second-order valence-electron chi connectivity index (χ2n) is 4.87. The van der Waals surface area contributed by atoms with Crippen molar-refractivity contribution in [3.63, 3.8) is 0 Å². The molecule has 1 saturated heterocycles. The van der Waals surface area contributed by atoms with E-state index in [0.29, 0.717) is 0 Å². The van der Waals surface area contributed by atoms with Crippen molar-refractivity contribution >= 4 is 12.2 Å². The molecular weight excluding hydrogens is 258 g/mol. The van der Waals surface area contributed by atoms with Crippen LogP contribution < -0.4 is 0 Å². The summed E-state index contributed by atoms with van der Waals surface area (Å²) >= 11 is 0. The molecular formula is C11H19NO7. The third-order valence-electron chi connectivity index (χ3n) is 2.93. The Morgan fingerprint density at radius 2 is 2.00 bits per heavy atom. The quantitative estimate of drug-likeness (QED) is 0.373. The molecule has 0 radical (unpaired) electrons. The lowest BCUT2D eigenvalue weighted by atomic mass is 9.97. The van der Waals surface area contributed by atoms with Gasteiger partial charge in [-0.05, 0) is 5.92 Å². The van der Waals surface area contributed by atoms with Crippen molar-refractivity contribution in [3.8, 4) is 0 Å². The van der Waals surface area contributed by atoms with E-state index in [4.69, 9.17) is 9.84 Å². The van der Waals surface area contributed by atoms with Gasteiger partial charge >= 0.3 is 5.97 Å². The number of hydrogen-bond donors (Lipinski definition) is 5. The fraction of sp³-hybridized carbons (Fsp3) is 0.818. The van der Waals surface area contributed by atoms with Gasteiger partial charge in [0.05, 0.1) is 12.8 Å². The van der Waals surface area contributed by atoms with E-state index in [2.05, 4.69) is 4.99 Å². The number of aliphatic hydroxyl groups excluding tert-OH is 3. The molecule has 110 valence electrons. The fourth-order valence-electron chi connectivity index (χ4n) is 1.68. The van der Waals surface area contributed by atoms with Crippen molar-refractivity contribution < 1.29 is 35.1 Å². The van der Waals surface area contributed by atoms with Crippen LogP contribution in [0, 0.1) is 5.92 Å². The molecule has 1 rings (SSSR count). The van der Waals surface area contributed by atoms with Crippen LogP contribution >= 0.6 is 0 Å². The van der Waals surface area contributed by atoms with Gasteiger partial charge in [-0.1, -0.05) is 13.8 Å². The van der Waals surface area contributed by atoms with Crippen LogP contribution in [-0.4, -0.2) is 74.5 Å². The Hall–Kier alpha value is -1.06. The summed E-state index contributed by atoms with van der Waals surface area (Å²) in [6.07, 6.45) is -4.00. The summed E-state index contributed by atoms with van der Waals surface area (Å²) < 4.78 is 4.82. The van der Waals surface area contributed by atoms with E-state index in [0.717, 1.165) is 6.21 Å². The zero-order chi connectivity index (χ0) is 14.8. The van der Waals surface area contributed by atoms with Crippen LogP contribution in [0.1, 0.15) is 13.8 Å². The highest BCUT2D eigenvalue weighted by molar-refractivity contribution is 5.78. The van der Waals surface area contributed by atoms with Gasteiger partial charge in [-0.25, -0.2) is 4.79 Å². The van der Waals surface area contributed by atoms with Crippen LogP contribution in [0.2, 0.25) is 0 Å². The first-order valence-electron chi connectivity index (χ1n) is 5.86. The minimum absolute atomic E-state index is 0.325. The minimum Gasteiger partial charge on any atom is -0.480 e. The smallest absolute Gasteiger partial charge is 0.328 e. The topological polar surface area (TPSA) is 140 Å². The van der Waals surface area contributed by atoms with E-state index >= 15 is 0 Å². The summed E-state index contributed by atoms with van der Waals surface area (Å²) in [5.41, 5.74) is 0. The van der Waals surface area contributed by atoms with Gasteiger partial charge in [-0.2, -0.15) is 0 Å². The van der Waals surface area contributed by atoms with E-state index in [-0.39, 0.29) is 5.92 Å². The van der Waals surface area contributed by atoms with Crippen LogP contribution in [0.15, 0.2) is 4.99 Å². The average molecular weight is 277 g/mol. The predicted octanol–water partition coefficient (Wildman–Crippen LogP) is -2.03. The molecule has 0 aromatic rings. The summed E-state index contributed by atoms with van der Waals surface area (Å²) in [7, 11) is 0. The van der Waals surface area contributed by atoms with Crippen LogP contribution in [0.25, 0.3) is 0 Å². The standard InChI is InChI=1S/C11H19NO7/c1-5(2)7(10(16)17)12-4-11(18)9(15)8(14)6(13)3-19-11/h4-9,13-15,18H,3H2,1-2H3,(H,16,17)/t6-,7+,8-,9+,11-/m1/s1. The maximum absolute atomic E-state index is 10.9. The van der Waals surface area contributed by atoms with E-state index in [1.54, 1.807) is 13.8 Å². The second kappa shape index (κ2) is 5.93. The van der Waals surface area contributed by atoms with Crippen LogP contribution in [-0.2, 0) is 9.53 Å². The number of aliphatic hydroxyl groups is 4. The largest absolute Gasteiger partial charge is 0.480 e. The molecule has 0 aromatic carbocycles. The Morgan fingerprint density at radius 3 is 2.47 bits per heavy atom. The van der Waals surface area contributed by atoms with Crippen molar-refractivity contribution in [2.24, 2.45) is 10.9 Å². The van der Waals surface area contributed by atoms with Gasteiger partial charge in [0.15, 0.2) is 0 Å². The number of aliphatic imine (C=N–C) groups is 1. The molecule has 0 spiro atoms. The van der Waals surface area contributed by atoms with Crippen molar-refractivity contribution in [2.75, 3.05) is 6.61 Å². The zero-order valence-corrected chi connectivity index (χ0v) is 10.7. The molecule has 0 saturated carbocycles. The van der Waals surface area contributed by atoms with Crippen molar-refractivity contribution in [1.29, 1.82) is 0 Å². The number of aliphatic carboxylic acids is 1. The highest BCUT2D eigenvalue weighted by atomic mass is 16.6. The summed E-state index contributed by atoms with van der Waals surface area (Å²) in [5.74, 6) is -3.82. The number of hydrogen-bond acceptors (Lipinski definition) is 7. The number of rotatable bonds is 4. The first-order chi connectivity index (χ1) is 8.69. The Balaban J connectivity index is 2.87. The summed E-state index contributed by atoms with van der Waals surface area (Å²) in [4.78, 5) is 14.6. The number of ether oxygens (including phenoxy) is 1. The lowest BCUT2D eigenvalue weighted by Gasteiger charge is -2.39. The molecule has 0 unspecified atom stereocenters. The first kappa shape index (κ1) is 16.0. The van der Waals surface area contributed by atoms with E-state index in [1.807, 2.05) is 0 Å². The van der Waals surface area contributed by atoms with E-state index in [9.17, 15) is 25.2 Å². The molecule has 19 heavy (non-hydrogen) atoms. The maximum atomic E-state index is 10.9. The van der Waals surface area contributed by atoms with Crippen LogP contribution in [0.5, 0.6) is 0 Å². The summed E-state index contributed by atoms with van der Waals surface area (Å²) in [6, 6.07) is -1.11. The molecule has 1 heterocycles. The number of carbonyl (C=O) groups is 1. The molecule has 5 atom stereocenters. The van der Waals surface area contributed by atoms with Crippen LogP contribution in [0.4, 0.5) is 0 Å². The highest BCUT2D eigenvalue weighted by Crippen LogP contribution is 2.23. The van der Waals surface area contributed by atoms with Gasteiger partial charge in [0.2, 0.25) is 5.79 Å². The number of carboxylic acid groups (broad SMARTS) is 1. The molecule has 0 aliphatic carbocycles. The molecule has 1 aliphatic rings. The molecule has 5 N–H and O–H groups in total. The van der Waals surface area contributed by atoms with Gasteiger partial charge < -0.3 is 30.3 Å². The Labute approximate surface area is 110 Å². The molecule has 1 aliphatic heterocycles. The molecule has 8 heteroatoms. The van der Waals surface area contributed by atoms with Gasteiger partial charge in [-0.15, -0.1) is 0 Å². The van der Waals surface area contributed by atoms with Crippen molar-refractivity contribution in [1.82, 2.24) is 0 Å². The van der Waals surface area contributed by atoms with Gasteiger partial charge in [0.1, 0.15) is 24.4 Å². The summed E-state index contributed by atoms with van der Waals surface area (Å²) in [6.45, 7) is 2.87. The van der Waals surface area contributed by atoms with E-state index in [1.165, 1.54) is 0 Å². The molecule has 1 fully saturated rings. The average Bonchev–Trinajstić information content (AvgIpc) is 2.31. The van der Waals surface area contributed by atoms with Crippen molar-refractivity contribution in [2.45, 2.75) is 44.0 Å². The lowest BCUT2D eigenvalue weighted by Crippen LogP contribution is -2.61. The highest BCUT2D eigenvalue weighted by Gasteiger charge is 2.47. The first-order valence-corrected chi connectivity index (χ1v) is 5.86. The zero-order valence-electron chi connectivity index (χ0n) is 10.7. The minimum atomic E-state index is -2.32. The number of carboxylic acids is 1. The molecule has 0 amide bonds. The van der Waals surface area contributed by atoms with Gasteiger partial charge in [0, 0.05) is 0 Å². The molecule has 0 bridgehead atoms. The fourth-order valence-corrected chi connectivity index (χ4v) is 1.68. The number of nitrogens with zero attached hydrogens (tertiary/aromatic N) is 1. The SMILES string of the molecule is CC(C)[C@H](N=C[C@@]1(O)OC[C@@H](O)[C@@H](O)[C@@H]1O)C(=O)O. The van der Waals surface area contributed by atoms with Gasteiger partial charge in [0.25, 0.3) is 0 Å². The van der Waals surface area contributed by atoms with Crippen molar-refractivity contribution in [3.05, 3.63) is 0 Å². The monoisotopic (exact) mass is 277 g/mol. The summed E-state index contributed by atoms with van der Waals surface area (Å²) in [5, 5.41) is 47.2. The Kier molecular flexibility index (Phi) is 4.99. The normalized spacial score (nSPS) is 37.7. The predicted molar refractivity (Wildman–Crippen MR) is 63.7 cm³/mol. The Morgan fingerprint density at radius 1 is 1.42 bits per heavy atom. The van der Waals surface area contributed by atoms with Gasteiger partial charge in [-0.3, -0.25) is 4.99 Å². The molecule has 0 aromatic heterocycles. The second-order valence-corrected chi connectivity index (χ2v) is 4.87. The Bertz CT molecular complexity index is 359. The third kappa shape index (κ3) is 3.48. The van der Waals surface area contributed by atoms with Crippen LogP contribution in [0.3, 0.4) is 0 Å². The van der Waals surface area contributed by atoms with E-state index < -0.39 is 42.7 Å². The third-order valence-corrected chi connectivity index (χ3v) is 2.93.